The molecule has 3 fully saturated rings. The quantitative estimate of drug-likeness (QED) is 0.868. The number of benzene rings is 1. The van der Waals surface area contributed by atoms with E-state index in [1.54, 1.807) is 0 Å². The second-order valence-electron chi connectivity index (χ2n) is 6.69. The molecular formula is C16H22O2. The van der Waals surface area contributed by atoms with Crippen LogP contribution in [0.4, 0.5) is 0 Å². The molecule has 3 saturated carbocycles. The van der Waals surface area contributed by atoms with Gasteiger partial charge in [-0.15, -0.1) is 0 Å². The standard InChI is InChI=1S/C16H22O2/c1-15(2)11-9-13(15)16(3,17)14(10-11)18-12-7-5-4-6-8-12/h4-8,11,13-14,17H,9-10H2,1-3H3/t11-,13-,14+,16-/m1/s1. The summed E-state index contributed by atoms with van der Waals surface area (Å²) in [5, 5.41) is 10.8. The molecule has 0 heterocycles. The molecule has 1 aromatic carbocycles. The molecule has 0 radical (unpaired) electrons. The fourth-order valence-electron chi connectivity index (χ4n) is 3.96. The van der Waals surface area contributed by atoms with Crippen molar-refractivity contribution in [1.29, 1.82) is 0 Å². The van der Waals surface area contributed by atoms with Gasteiger partial charge in [-0.3, -0.25) is 0 Å². The highest BCUT2D eigenvalue weighted by Gasteiger charge is 2.63. The predicted octanol–water partition coefficient (Wildman–Crippen LogP) is 3.25. The first kappa shape index (κ1) is 12.0. The maximum Gasteiger partial charge on any atom is 0.128 e. The van der Waals surface area contributed by atoms with Crippen molar-refractivity contribution in [2.24, 2.45) is 17.3 Å². The zero-order valence-corrected chi connectivity index (χ0v) is 11.4. The molecule has 4 atom stereocenters. The summed E-state index contributed by atoms with van der Waals surface area (Å²) in [6.07, 6.45) is 2.04. The Kier molecular flexibility index (Phi) is 2.50. The predicted molar refractivity (Wildman–Crippen MR) is 71.5 cm³/mol. The van der Waals surface area contributed by atoms with Gasteiger partial charge >= 0.3 is 0 Å². The van der Waals surface area contributed by atoms with Crippen LogP contribution in [-0.4, -0.2) is 16.8 Å². The van der Waals surface area contributed by atoms with Gasteiger partial charge in [0.05, 0.1) is 0 Å². The molecule has 2 heteroatoms. The van der Waals surface area contributed by atoms with E-state index < -0.39 is 5.60 Å². The molecule has 3 aliphatic carbocycles. The molecule has 4 rings (SSSR count). The molecule has 0 amide bonds. The SMILES string of the molecule is CC1(C)[C@H]2C[C@H](Oc3ccccc3)[C@](C)(O)[C@@H]1C2. The summed E-state index contributed by atoms with van der Waals surface area (Å²) in [4.78, 5) is 0. The number of aliphatic hydroxyl groups is 1. The van der Waals surface area contributed by atoms with Crippen molar-refractivity contribution in [2.45, 2.75) is 45.3 Å². The van der Waals surface area contributed by atoms with E-state index >= 15 is 0 Å². The lowest BCUT2D eigenvalue weighted by Gasteiger charge is -2.64. The minimum atomic E-state index is -0.714. The van der Waals surface area contributed by atoms with Crippen molar-refractivity contribution in [3.8, 4) is 5.75 Å². The molecule has 18 heavy (non-hydrogen) atoms. The molecule has 0 spiro atoms. The van der Waals surface area contributed by atoms with E-state index in [-0.39, 0.29) is 11.5 Å². The van der Waals surface area contributed by atoms with Crippen LogP contribution < -0.4 is 4.74 Å². The summed E-state index contributed by atoms with van der Waals surface area (Å²) in [5.74, 6) is 1.91. The van der Waals surface area contributed by atoms with Crippen LogP contribution in [0.15, 0.2) is 30.3 Å². The Labute approximate surface area is 109 Å². The molecule has 0 aliphatic heterocycles. The zero-order valence-electron chi connectivity index (χ0n) is 11.4. The summed E-state index contributed by atoms with van der Waals surface area (Å²) < 4.78 is 6.01. The van der Waals surface area contributed by atoms with Gasteiger partial charge in [0.15, 0.2) is 0 Å². The summed E-state index contributed by atoms with van der Waals surface area (Å²) >= 11 is 0. The highest BCUT2D eigenvalue weighted by Crippen LogP contribution is 2.63. The van der Waals surface area contributed by atoms with E-state index in [1.807, 2.05) is 37.3 Å². The fourth-order valence-corrected chi connectivity index (χ4v) is 3.96. The molecular weight excluding hydrogens is 224 g/mol. The van der Waals surface area contributed by atoms with Crippen LogP contribution in [0, 0.1) is 17.3 Å². The monoisotopic (exact) mass is 246 g/mol. The Hall–Kier alpha value is -1.02. The maximum absolute atomic E-state index is 10.8. The summed E-state index contributed by atoms with van der Waals surface area (Å²) in [6, 6.07) is 9.84. The van der Waals surface area contributed by atoms with E-state index in [0.29, 0.717) is 11.8 Å². The second-order valence-corrected chi connectivity index (χ2v) is 6.69. The largest absolute Gasteiger partial charge is 0.487 e. The Balaban J connectivity index is 1.80. The van der Waals surface area contributed by atoms with Crippen LogP contribution in [-0.2, 0) is 0 Å². The number of hydrogen-bond acceptors (Lipinski definition) is 2. The first-order valence-corrected chi connectivity index (χ1v) is 6.86. The van der Waals surface area contributed by atoms with Crippen molar-refractivity contribution >= 4 is 0 Å². The van der Waals surface area contributed by atoms with E-state index in [4.69, 9.17) is 4.74 Å². The number of para-hydroxylation sites is 1. The molecule has 0 unspecified atom stereocenters. The van der Waals surface area contributed by atoms with Gasteiger partial charge in [0, 0.05) is 0 Å². The highest BCUT2D eigenvalue weighted by atomic mass is 16.5. The fraction of sp³-hybridized carbons (Fsp3) is 0.625. The number of fused-ring (bicyclic) bond motifs is 2. The van der Waals surface area contributed by atoms with Crippen LogP contribution in [0.25, 0.3) is 0 Å². The molecule has 1 N–H and O–H groups in total. The lowest BCUT2D eigenvalue weighted by atomic mass is 9.43. The van der Waals surface area contributed by atoms with Crippen molar-refractivity contribution in [3.63, 3.8) is 0 Å². The van der Waals surface area contributed by atoms with Gasteiger partial charge in [-0.2, -0.15) is 0 Å². The second kappa shape index (κ2) is 3.74. The van der Waals surface area contributed by atoms with Crippen LogP contribution in [0.3, 0.4) is 0 Å². The summed E-state index contributed by atoms with van der Waals surface area (Å²) in [6.45, 7) is 6.50. The van der Waals surface area contributed by atoms with Gasteiger partial charge in [-0.05, 0) is 49.1 Å². The van der Waals surface area contributed by atoms with Gasteiger partial charge in [0.1, 0.15) is 17.5 Å². The third-order valence-corrected chi connectivity index (χ3v) is 5.35. The van der Waals surface area contributed by atoms with Crippen molar-refractivity contribution < 1.29 is 9.84 Å². The topological polar surface area (TPSA) is 29.5 Å². The van der Waals surface area contributed by atoms with Crippen molar-refractivity contribution in [3.05, 3.63) is 30.3 Å². The van der Waals surface area contributed by atoms with Crippen LogP contribution >= 0.6 is 0 Å². The molecule has 3 aliphatic rings. The molecule has 98 valence electrons. The molecule has 1 aromatic rings. The van der Waals surface area contributed by atoms with Crippen LogP contribution in [0.1, 0.15) is 33.6 Å². The first-order chi connectivity index (χ1) is 8.42. The van der Waals surface area contributed by atoms with Crippen molar-refractivity contribution in [2.75, 3.05) is 0 Å². The van der Waals surface area contributed by atoms with Gasteiger partial charge in [-0.25, -0.2) is 0 Å². The Morgan fingerprint density at radius 3 is 2.33 bits per heavy atom. The van der Waals surface area contributed by atoms with E-state index in [1.165, 1.54) is 0 Å². The third kappa shape index (κ3) is 1.58. The Bertz CT molecular complexity index is 436. The van der Waals surface area contributed by atoms with Gasteiger partial charge < -0.3 is 9.84 Å². The van der Waals surface area contributed by atoms with Gasteiger partial charge in [0.25, 0.3) is 0 Å². The highest BCUT2D eigenvalue weighted by molar-refractivity contribution is 5.23. The third-order valence-electron chi connectivity index (χ3n) is 5.35. The van der Waals surface area contributed by atoms with Crippen LogP contribution in [0.5, 0.6) is 5.75 Å². The summed E-state index contributed by atoms with van der Waals surface area (Å²) in [7, 11) is 0. The van der Waals surface area contributed by atoms with Gasteiger partial charge in [-0.1, -0.05) is 32.0 Å². The van der Waals surface area contributed by atoms with E-state index in [0.717, 1.165) is 18.6 Å². The molecule has 2 nitrogen and oxygen atoms in total. The molecule has 0 aromatic heterocycles. The van der Waals surface area contributed by atoms with E-state index in [2.05, 4.69) is 13.8 Å². The lowest BCUT2D eigenvalue weighted by molar-refractivity contribution is -0.238. The lowest BCUT2D eigenvalue weighted by Crippen LogP contribution is -2.67. The average Bonchev–Trinajstić information content (AvgIpc) is 2.32. The number of rotatable bonds is 2. The minimum absolute atomic E-state index is 0.0725. The minimum Gasteiger partial charge on any atom is -0.487 e. The smallest absolute Gasteiger partial charge is 0.128 e. The normalized spacial score (nSPS) is 41.0. The Morgan fingerprint density at radius 2 is 1.78 bits per heavy atom. The van der Waals surface area contributed by atoms with E-state index in [9.17, 15) is 5.11 Å². The first-order valence-electron chi connectivity index (χ1n) is 6.86. The maximum atomic E-state index is 10.8. The number of hydrogen-bond donors (Lipinski definition) is 1. The van der Waals surface area contributed by atoms with Crippen molar-refractivity contribution in [1.82, 2.24) is 0 Å². The molecule has 2 bridgehead atoms. The average molecular weight is 246 g/mol. The Morgan fingerprint density at radius 1 is 1.11 bits per heavy atom. The molecule has 0 saturated heterocycles. The number of ether oxygens (including phenoxy) is 1. The zero-order chi connectivity index (χ0) is 13.0. The van der Waals surface area contributed by atoms with Gasteiger partial charge in [0.2, 0.25) is 0 Å². The van der Waals surface area contributed by atoms with Crippen LogP contribution in [0.2, 0.25) is 0 Å². The summed E-state index contributed by atoms with van der Waals surface area (Å²) in [5.41, 5.74) is -0.450.